The lowest BCUT2D eigenvalue weighted by Gasteiger charge is -2.33. The van der Waals surface area contributed by atoms with E-state index in [2.05, 4.69) is 16.3 Å². The van der Waals surface area contributed by atoms with Gasteiger partial charge in [-0.25, -0.2) is 0 Å². The van der Waals surface area contributed by atoms with E-state index in [4.69, 9.17) is 16.9 Å². The smallest absolute Gasteiger partial charge is 0.101 e. The first-order chi connectivity index (χ1) is 9.24. The fraction of sp³-hybridized carbons (Fsp3) is 0.533. The Balaban J connectivity index is 1.94. The highest BCUT2D eigenvalue weighted by molar-refractivity contribution is 6.32. The second-order valence-electron chi connectivity index (χ2n) is 5.10. The number of benzene rings is 1. The van der Waals surface area contributed by atoms with Crippen LogP contribution < -0.4 is 10.2 Å². The largest absolute Gasteiger partial charge is 0.371 e. The van der Waals surface area contributed by atoms with E-state index in [0.717, 1.165) is 31.2 Å². The summed E-state index contributed by atoms with van der Waals surface area (Å²) in [7, 11) is 2.01. The van der Waals surface area contributed by atoms with E-state index in [1.165, 1.54) is 19.3 Å². The van der Waals surface area contributed by atoms with Gasteiger partial charge in [-0.2, -0.15) is 5.26 Å². The van der Waals surface area contributed by atoms with Crippen molar-refractivity contribution < 1.29 is 0 Å². The van der Waals surface area contributed by atoms with E-state index in [1.807, 2.05) is 25.2 Å². The molecule has 0 aliphatic carbocycles. The second-order valence-corrected chi connectivity index (χ2v) is 5.51. The number of nitrogens with zero attached hydrogens (tertiary/aromatic N) is 2. The van der Waals surface area contributed by atoms with E-state index in [9.17, 15) is 0 Å². The lowest BCUT2D eigenvalue weighted by molar-refractivity contribution is 0.378. The van der Waals surface area contributed by atoms with Gasteiger partial charge >= 0.3 is 0 Å². The fourth-order valence-corrected chi connectivity index (χ4v) is 2.84. The van der Waals surface area contributed by atoms with Crippen LogP contribution in [0.4, 0.5) is 5.69 Å². The zero-order chi connectivity index (χ0) is 13.7. The molecule has 0 atom stereocenters. The minimum atomic E-state index is 0.550. The molecule has 1 aromatic rings. The molecule has 2 rings (SSSR count). The first-order valence-electron chi connectivity index (χ1n) is 6.83. The summed E-state index contributed by atoms with van der Waals surface area (Å²) >= 11 is 6.09. The number of anilines is 1. The molecule has 0 spiro atoms. The summed E-state index contributed by atoms with van der Waals surface area (Å²) < 4.78 is 0. The summed E-state index contributed by atoms with van der Waals surface area (Å²) in [6.45, 7) is 3.26. The maximum absolute atomic E-state index is 8.88. The van der Waals surface area contributed by atoms with Gasteiger partial charge in [-0.15, -0.1) is 0 Å². The summed E-state index contributed by atoms with van der Waals surface area (Å²) in [6, 6.07) is 7.82. The van der Waals surface area contributed by atoms with Crippen LogP contribution in [0.5, 0.6) is 0 Å². The van der Waals surface area contributed by atoms with Crippen LogP contribution in [0.25, 0.3) is 0 Å². The van der Waals surface area contributed by atoms with Crippen LogP contribution >= 0.6 is 11.6 Å². The zero-order valence-electron chi connectivity index (χ0n) is 11.3. The number of hydrogen-bond donors (Lipinski definition) is 1. The Morgan fingerprint density at radius 3 is 2.74 bits per heavy atom. The molecule has 0 saturated carbocycles. The minimum absolute atomic E-state index is 0.550. The summed E-state index contributed by atoms with van der Waals surface area (Å²) in [6.07, 6.45) is 3.73. The van der Waals surface area contributed by atoms with Crippen LogP contribution in [0.3, 0.4) is 0 Å². The monoisotopic (exact) mass is 277 g/mol. The first-order valence-corrected chi connectivity index (χ1v) is 7.21. The Morgan fingerprint density at radius 2 is 2.16 bits per heavy atom. The van der Waals surface area contributed by atoms with Gasteiger partial charge in [0.1, 0.15) is 6.07 Å². The molecule has 1 saturated heterocycles. The van der Waals surface area contributed by atoms with E-state index >= 15 is 0 Å². The van der Waals surface area contributed by atoms with Crippen molar-refractivity contribution in [2.75, 3.05) is 31.6 Å². The Labute approximate surface area is 120 Å². The first kappa shape index (κ1) is 14.2. The van der Waals surface area contributed by atoms with Gasteiger partial charge in [0.25, 0.3) is 0 Å². The quantitative estimate of drug-likeness (QED) is 0.919. The molecule has 0 aromatic heterocycles. The van der Waals surface area contributed by atoms with Crippen LogP contribution in [0.15, 0.2) is 18.2 Å². The van der Waals surface area contributed by atoms with Crippen LogP contribution in [-0.2, 0) is 0 Å². The third-order valence-electron chi connectivity index (χ3n) is 3.86. The Morgan fingerprint density at radius 1 is 1.42 bits per heavy atom. The predicted octanol–water partition coefficient (Wildman–Crippen LogP) is 3.04. The van der Waals surface area contributed by atoms with Gasteiger partial charge in [0.15, 0.2) is 0 Å². The van der Waals surface area contributed by atoms with Crippen molar-refractivity contribution >= 4 is 17.3 Å². The molecule has 1 N–H and O–H groups in total. The molecule has 1 aliphatic rings. The third-order valence-corrected chi connectivity index (χ3v) is 4.17. The molecule has 0 unspecified atom stereocenters. The third kappa shape index (κ3) is 3.62. The molecule has 0 radical (unpaired) electrons. The fourth-order valence-electron chi connectivity index (χ4n) is 2.62. The van der Waals surface area contributed by atoms with E-state index in [-0.39, 0.29) is 0 Å². The van der Waals surface area contributed by atoms with Gasteiger partial charge in [-0.05, 0) is 57.0 Å². The Bertz CT molecular complexity index is 459. The molecule has 1 heterocycles. The van der Waals surface area contributed by atoms with E-state index in [0.29, 0.717) is 10.6 Å². The molecule has 0 bridgehead atoms. The van der Waals surface area contributed by atoms with Crippen LogP contribution in [-0.4, -0.2) is 26.7 Å². The highest BCUT2D eigenvalue weighted by Gasteiger charge is 2.19. The molecular weight excluding hydrogens is 258 g/mol. The van der Waals surface area contributed by atoms with Gasteiger partial charge in [0, 0.05) is 18.8 Å². The van der Waals surface area contributed by atoms with Crippen molar-refractivity contribution in [1.82, 2.24) is 5.32 Å². The maximum Gasteiger partial charge on any atom is 0.101 e. The van der Waals surface area contributed by atoms with E-state index < -0.39 is 0 Å². The standard InChI is InChI=1S/C15H20ClN3/c1-18-7-4-12-5-8-19(9-6-12)14-3-2-13(11-17)15(16)10-14/h2-3,10,12,18H,4-9H2,1H3. The zero-order valence-corrected chi connectivity index (χ0v) is 12.1. The summed E-state index contributed by atoms with van der Waals surface area (Å²) in [5.41, 5.74) is 1.69. The predicted molar refractivity (Wildman–Crippen MR) is 79.6 cm³/mol. The number of rotatable bonds is 4. The lowest BCUT2D eigenvalue weighted by atomic mass is 9.93. The van der Waals surface area contributed by atoms with Crippen LogP contribution in [0, 0.1) is 17.2 Å². The number of nitrogens with one attached hydrogen (secondary N) is 1. The van der Waals surface area contributed by atoms with Crippen molar-refractivity contribution in [3.05, 3.63) is 28.8 Å². The molecule has 1 aliphatic heterocycles. The highest BCUT2D eigenvalue weighted by atomic mass is 35.5. The summed E-state index contributed by atoms with van der Waals surface area (Å²) in [4.78, 5) is 2.36. The van der Waals surface area contributed by atoms with Gasteiger partial charge in [-0.3, -0.25) is 0 Å². The molecule has 1 fully saturated rings. The van der Waals surface area contributed by atoms with Gasteiger partial charge < -0.3 is 10.2 Å². The molecule has 102 valence electrons. The SMILES string of the molecule is CNCCC1CCN(c2ccc(C#N)c(Cl)c2)CC1. The second kappa shape index (κ2) is 6.79. The van der Waals surface area contributed by atoms with Crippen LogP contribution in [0.2, 0.25) is 5.02 Å². The lowest BCUT2D eigenvalue weighted by Crippen LogP contribution is -2.34. The molecule has 3 nitrogen and oxygen atoms in total. The molecule has 4 heteroatoms. The van der Waals surface area contributed by atoms with Crippen molar-refractivity contribution in [3.63, 3.8) is 0 Å². The highest BCUT2D eigenvalue weighted by Crippen LogP contribution is 2.28. The van der Waals surface area contributed by atoms with Crippen molar-refractivity contribution in [3.8, 4) is 6.07 Å². The normalized spacial score (nSPS) is 16.4. The number of hydrogen-bond acceptors (Lipinski definition) is 3. The topological polar surface area (TPSA) is 39.1 Å². The minimum Gasteiger partial charge on any atom is -0.371 e. The molecule has 1 aromatic carbocycles. The van der Waals surface area contributed by atoms with Crippen molar-refractivity contribution in [2.24, 2.45) is 5.92 Å². The van der Waals surface area contributed by atoms with Crippen molar-refractivity contribution in [2.45, 2.75) is 19.3 Å². The van der Waals surface area contributed by atoms with Crippen LogP contribution in [0.1, 0.15) is 24.8 Å². The van der Waals surface area contributed by atoms with E-state index in [1.54, 1.807) is 0 Å². The molecule has 0 amide bonds. The van der Waals surface area contributed by atoms with Gasteiger partial charge in [0.2, 0.25) is 0 Å². The summed E-state index contributed by atoms with van der Waals surface area (Å²) in [5, 5.41) is 12.7. The molecule has 19 heavy (non-hydrogen) atoms. The number of nitriles is 1. The van der Waals surface area contributed by atoms with Gasteiger partial charge in [0.05, 0.1) is 10.6 Å². The number of halogens is 1. The Hall–Kier alpha value is -1.24. The van der Waals surface area contributed by atoms with Gasteiger partial charge in [-0.1, -0.05) is 11.6 Å². The average molecular weight is 278 g/mol. The maximum atomic E-state index is 8.88. The molecular formula is C15H20ClN3. The number of piperidine rings is 1. The average Bonchev–Trinajstić information content (AvgIpc) is 2.45. The van der Waals surface area contributed by atoms with Crippen molar-refractivity contribution in [1.29, 1.82) is 5.26 Å². The summed E-state index contributed by atoms with van der Waals surface area (Å²) in [5.74, 6) is 0.831. The Kier molecular flexibility index (Phi) is 5.07.